The third-order valence-corrected chi connectivity index (χ3v) is 3.81. The first-order valence-corrected chi connectivity index (χ1v) is 7.96. The first-order valence-electron chi connectivity index (χ1n) is 7.17. The number of nitrogens with zero attached hydrogens (tertiary/aromatic N) is 1. The number of likely N-dealkylation sites (N-methyl/N-ethyl adjacent to an activating group) is 1. The minimum atomic E-state index is 0.402. The van der Waals surface area contributed by atoms with Crippen molar-refractivity contribution in [3.63, 3.8) is 0 Å². The van der Waals surface area contributed by atoms with E-state index in [4.69, 9.17) is 4.74 Å². The van der Waals surface area contributed by atoms with E-state index >= 15 is 0 Å². The largest absolute Gasteiger partial charge is 0.497 e. The molecule has 0 saturated heterocycles. The second kappa shape index (κ2) is 8.15. The summed E-state index contributed by atoms with van der Waals surface area (Å²) in [6, 6.07) is 10.8. The summed E-state index contributed by atoms with van der Waals surface area (Å²) in [5.41, 5.74) is 2.55. The van der Waals surface area contributed by atoms with Crippen LogP contribution in [0.3, 0.4) is 0 Å². The number of benzene rings is 1. The van der Waals surface area contributed by atoms with Crippen LogP contribution in [-0.4, -0.2) is 24.7 Å². The van der Waals surface area contributed by atoms with E-state index in [-0.39, 0.29) is 0 Å². The van der Waals surface area contributed by atoms with E-state index in [9.17, 15) is 0 Å². The zero-order valence-electron chi connectivity index (χ0n) is 12.5. The van der Waals surface area contributed by atoms with Gasteiger partial charge in [-0.2, -0.15) is 0 Å². The maximum atomic E-state index is 5.20. The molecule has 0 aliphatic carbocycles. The molecule has 1 atom stereocenters. The summed E-state index contributed by atoms with van der Waals surface area (Å²) >= 11 is 3.48. The van der Waals surface area contributed by atoms with Crippen LogP contribution >= 0.6 is 15.9 Å². The second-order valence-electron chi connectivity index (χ2n) is 5.02. The molecule has 1 aromatic carbocycles. The smallest absolute Gasteiger partial charge is 0.118 e. The molecule has 1 heterocycles. The summed E-state index contributed by atoms with van der Waals surface area (Å²) < 4.78 is 6.23. The summed E-state index contributed by atoms with van der Waals surface area (Å²) in [7, 11) is 1.69. The zero-order valence-corrected chi connectivity index (χ0v) is 14.1. The van der Waals surface area contributed by atoms with Crippen LogP contribution in [0.2, 0.25) is 0 Å². The van der Waals surface area contributed by atoms with Gasteiger partial charge >= 0.3 is 0 Å². The molecule has 1 unspecified atom stereocenters. The lowest BCUT2D eigenvalue weighted by Crippen LogP contribution is -2.33. The molecule has 2 rings (SSSR count). The minimum absolute atomic E-state index is 0.402. The van der Waals surface area contributed by atoms with Crippen molar-refractivity contribution in [3.05, 3.63) is 58.3 Å². The first kappa shape index (κ1) is 16.0. The Hall–Kier alpha value is -1.39. The summed E-state index contributed by atoms with van der Waals surface area (Å²) in [4.78, 5) is 4.24. The molecule has 0 bridgehead atoms. The van der Waals surface area contributed by atoms with Crippen molar-refractivity contribution in [1.29, 1.82) is 0 Å². The first-order chi connectivity index (χ1) is 10.2. The highest BCUT2D eigenvalue weighted by Crippen LogP contribution is 2.16. The van der Waals surface area contributed by atoms with Crippen molar-refractivity contribution in [2.75, 3.05) is 13.7 Å². The molecule has 0 amide bonds. The molecule has 4 heteroatoms. The predicted molar refractivity (Wildman–Crippen MR) is 89.8 cm³/mol. The predicted octanol–water partition coefficient (Wildman–Crippen LogP) is 3.62. The van der Waals surface area contributed by atoms with Gasteiger partial charge in [-0.1, -0.05) is 19.1 Å². The molecule has 0 aliphatic heterocycles. The number of halogens is 1. The lowest BCUT2D eigenvalue weighted by Gasteiger charge is -2.18. The number of rotatable bonds is 7. The maximum Gasteiger partial charge on any atom is 0.118 e. The summed E-state index contributed by atoms with van der Waals surface area (Å²) in [5, 5.41) is 3.55. The van der Waals surface area contributed by atoms with E-state index < -0.39 is 0 Å². The summed E-state index contributed by atoms with van der Waals surface area (Å²) in [6.45, 7) is 3.10. The van der Waals surface area contributed by atoms with E-state index in [1.807, 2.05) is 24.5 Å². The van der Waals surface area contributed by atoms with E-state index in [1.165, 1.54) is 11.1 Å². The average Bonchev–Trinajstić information content (AvgIpc) is 2.48. The SMILES string of the molecule is CCNC(Cc1ccc(OC)cc1)Cc1cncc(Br)c1. The fraction of sp³-hybridized carbons (Fsp3) is 0.353. The van der Waals surface area contributed by atoms with Gasteiger partial charge in [-0.25, -0.2) is 0 Å². The van der Waals surface area contributed by atoms with Gasteiger partial charge in [0, 0.05) is 22.9 Å². The van der Waals surface area contributed by atoms with E-state index in [0.717, 1.165) is 29.6 Å². The average molecular weight is 349 g/mol. The van der Waals surface area contributed by atoms with Crippen molar-refractivity contribution in [1.82, 2.24) is 10.3 Å². The Balaban J connectivity index is 2.04. The molecule has 0 radical (unpaired) electrons. The molecular formula is C17H21BrN2O. The highest BCUT2D eigenvalue weighted by Gasteiger charge is 2.10. The van der Waals surface area contributed by atoms with Gasteiger partial charge in [-0.3, -0.25) is 4.98 Å². The highest BCUT2D eigenvalue weighted by molar-refractivity contribution is 9.10. The standard InChI is InChI=1S/C17H21BrN2O/c1-3-20-16(10-14-8-15(18)12-19-11-14)9-13-4-6-17(21-2)7-5-13/h4-8,11-12,16,20H,3,9-10H2,1-2H3. The van der Waals surface area contributed by atoms with Crippen LogP contribution in [-0.2, 0) is 12.8 Å². The Kier molecular flexibility index (Phi) is 6.21. The third kappa shape index (κ3) is 5.14. The van der Waals surface area contributed by atoms with Gasteiger partial charge in [-0.05, 0) is 64.6 Å². The molecular weight excluding hydrogens is 328 g/mol. The molecule has 1 aromatic heterocycles. The maximum absolute atomic E-state index is 5.20. The summed E-state index contributed by atoms with van der Waals surface area (Å²) in [5.74, 6) is 0.898. The van der Waals surface area contributed by atoms with Crippen molar-refractivity contribution in [2.45, 2.75) is 25.8 Å². The Bertz CT molecular complexity index is 557. The topological polar surface area (TPSA) is 34.1 Å². The quantitative estimate of drug-likeness (QED) is 0.829. The number of ether oxygens (including phenoxy) is 1. The lowest BCUT2D eigenvalue weighted by molar-refractivity contribution is 0.414. The highest BCUT2D eigenvalue weighted by atomic mass is 79.9. The Morgan fingerprint density at radius 2 is 1.86 bits per heavy atom. The molecule has 0 fully saturated rings. The third-order valence-electron chi connectivity index (χ3n) is 3.38. The number of nitrogens with one attached hydrogen (secondary N) is 1. The van der Waals surface area contributed by atoms with Crippen LogP contribution in [0.15, 0.2) is 47.2 Å². The Morgan fingerprint density at radius 3 is 2.48 bits per heavy atom. The molecule has 0 spiro atoms. The molecule has 3 nitrogen and oxygen atoms in total. The number of pyridine rings is 1. The van der Waals surface area contributed by atoms with Gasteiger partial charge in [0.1, 0.15) is 5.75 Å². The Morgan fingerprint density at radius 1 is 1.14 bits per heavy atom. The summed E-state index contributed by atoms with van der Waals surface area (Å²) in [6.07, 6.45) is 5.70. The number of aromatic nitrogens is 1. The van der Waals surface area contributed by atoms with Crippen LogP contribution in [0.5, 0.6) is 5.75 Å². The van der Waals surface area contributed by atoms with Gasteiger partial charge in [0.15, 0.2) is 0 Å². The van der Waals surface area contributed by atoms with Gasteiger partial charge in [-0.15, -0.1) is 0 Å². The molecule has 2 aromatic rings. The fourth-order valence-corrected chi connectivity index (χ4v) is 2.82. The van der Waals surface area contributed by atoms with Crippen molar-refractivity contribution >= 4 is 15.9 Å². The number of hydrogen-bond donors (Lipinski definition) is 1. The van der Waals surface area contributed by atoms with Crippen LogP contribution in [0.4, 0.5) is 0 Å². The van der Waals surface area contributed by atoms with Gasteiger partial charge in [0.2, 0.25) is 0 Å². The monoisotopic (exact) mass is 348 g/mol. The molecule has 1 N–H and O–H groups in total. The Labute approximate surface area is 134 Å². The lowest BCUT2D eigenvalue weighted by atomic mass is 10.00. The van der Waals surface area contributed by atoms with Crippen LogP contribution in [0.1, 0.15) is 18.1 Å². The van der Waals surface area contributed by atoms with Gasteiger partial charge < -0.3 is 10.1 Å². The van der Waals surface area contributed by atoms with E-state index in [0.29, 0.717) is 6.04 Å². The van der Waals surface area contributed by atoms with Crippen molar-refractivity contribution in [2.24, 2.45) is 0 Å². The zero-order chi connectivity index (χ0) is 15.1. The van der Waals surface area contributed by atoms with Crippen molar-refractivity contribution < 1.29 is 4.74 Å². The van der Waals surface area contributed by atoms with Gasteiger partial charge in [0.25, 0.3) is 0 Å². The van der Waals surface area contributed by atoms with E-state index in [2.05, 4.69) is 51.4 Å². The van der Waals surface area contributed by atoms with Crippen molar-refractivity contribution in [3.8, 4) is 5.75 Å². The molecule has 112 valence electrons. The molecule has 0 aliphatic rings. The number of methoxy groups -OCH3 is 1. The molecule has 0 saturated carbocycles. The van der Waals surface area contributed by atoms with E-state index in [1.54, 1.807) is 7.11 Å². The molecule has 21 heavy (non-hydrogen) atoms. The minimum Gasteiger partial charge on any atom is -0.497 e. The fourth-order valence-electron chi connectivity index (χ4n) is 2.40. The normalized spacial score (nSPS) is 12.1. The van der Waals surface area contributed by atoms with Crippen LogP contribution in [0.25, 0.3) is 0 Å². The van der Waals surface area contributed by atoms with Crippen LogP contribution < -0.4 is 10.1 Å². The van der Waals surface area contributed by atoms with Gasteiger partial charge in [0.05, 0.1) is 7.11 Å². The second-order valence-corrected chi connectivity index (χ2v) is 5.94. The number of hydrogen-bond acceptors (Lipinski definition) is 3. The van der Waals surface area contributed by atoms with Crippen LogP contribution in [0, 0.1) is 0 Å².